The summed E-state index contributed by atoms with van der Waals surface area (Å²) in [6.45, 7) is 4.18. The van der Waals surface area contributed by atoms with E-state index in [0.717, 1.165) is 21.6 Å². The molecule has 0 bridgehead atoms. The normalized spacial score (nSPS) is 11.8. The monoisotopic (exact) mass is 447 g/mol. The molecule has 2 heterocycles. The summed E-state index contributed by atoms with van der Waals surface area (Å²) in [5, 5.41) is 11.4. The number of rotatable bonds is 8. The fourth-order valence-corrected chi connectivity index (χ4v) is 3.50. The Balaban J connectivity index is 1.50. The van der Waals surface area contributed by atoms with Crippen LogP contribution in [0.2, 0.25) is 0 Å². The predicted molar refractivity (Wildman–Crippen MR) is 123 cm³/mol. The van der Waals surface area contributed by atoms with Gasteiger partial charge in [0.2, 0.25) is 5.91 Å². The summed E-state index contributed by atoms with van der Waals surface area (Å²) in [7, 11) is 1.59. The van der Waals surface area contributed by atoms with Crippen LogP contribution >= 0.6 is 0 Å². The first kappa shape index (κ1) is 22.1. The van der Waals surface area contributed by atoms with Crippen molar-refractivity contribution in [2.45, 2.75) is 26.4 Å². The van der Waals surface area contributed by atoms with Crippen LogP contribution < -0.4 is 20.3 Å². The third kappa shape index (κ3) is 4.87. The van der Waals surface area contributed by atoms with E-state index < -0.39 is 5.56 Å². The van der Waals surface area contributed by atoms with Crippen molar-refractivity contribution in [3.05, 3.63) is 76.8 Å². The molecule has 0 spiro atoms. The zero-order valence-electron chi connectivity index (χ0n) is 18.7. The number of hydrogen-bond acceptors (Lipinski definition) is 6. The first-order valence-electron chi connectivity index (χ1n) is 10.6. The van der Waals surface area contributed by atoms with E-state index in [-0.39, 0.29) is 18.5 Å². The van der Waals surface area contributed by atoms with Gasteiger partial charge in [-0.15, -0.1) is 0 Å². The molecule has 1 amide bonds. The molecular weight excluding hydrogens is 422 g/mol. The van der Waals surface area contributed by atoms with Crippen LogP contribution in [-0.2, 0) is 11.3 Å². The lowest BCUT2D eigenvalue weighted by molar-refractivity contribution is -0.122. The first-order valence-corrected chi connectivity index (χ1v) is 10.6. The molecule has 0 radical (unpaired) electrons. The van der Waals surface area contributed by atoms with Gasteiger partial charge in [0, 0.05) is 5.56 Å². The van der Waals surface area contributed by atoms with Crippen LogP contribution in [0.1, 0.15) is 25.5 Å². The van der Waals surface area contributed by atoms with Crippen LogP contribution in [-0.4, -0.2) is 39.0 Å². The highest BCUT2D eigenvalue weighted by Gasteiger charge is 2.15. The van der Waals surface area contributed by atoms with Crippen LogP contribution in [0.3, 0.4) is 0 Å². The van der Waals surface area contributed by atoms with Crippen molar-refractivity contribution in [1.29, 1.82) is 0 Å². The first-order chi connectivity index (χ1) is 16.0. The maximum atomic E-state index is 12.9. The molecule has 33 heavy (non-hydrogen) atoms. The Morgan fingerprint density at radius 1 is 1.12 bits per heavy atom. The highest BCUT2D eigenvalue weighted by Crippen LogP contribution is 2.22. The molecule has 1 atom stereocenters. The summed E-state index contributed by atoms with van der Waals surface area (Å²) in [4.78, 5) is 25.5. The second-order valence-electron chi connectivity index (χ2n) is 7.48. The summed E-state index contributed by atoms with van der Waals surface area (Å²) in [6.07, 6.45) is 1.42. The lowest BCUT2D eigenvalue weighted by Gasteiger charge is -2.15. The molecule has 4 rings (SSSR count). The van der Waals surface area contributed by atoms with Crippen molar-refractivity contribution >= 4 is 11.4 Å². The Kier molecular flexibility index (Phi) is 6.39. The molecule has 0 saturated heterocycles. The number of benzene rings is 2. The summed E-state index contributed by atoms with van der Waals surface area (Å²) in [5.41, 5.74) is 2.31. The number of hydrogen-bond donors (Lipinski definition) is 1. The van der Waals surface area contributed by atoms with Crippen molar-refractivity contribution in [3.63, 3.8) is 0 Å². The average Bonchev–Trinajstić information content (AvgIpc) is 3.27. The molecule has 0 aliphatic rings. The maximum Gasteiger partial charge on any atom is 0.293 e. The topological polar surface area (TPSA) is 99.8 Å². The lowest BCUT2D eigenvalue weighted by atomic mass is 10.1. The van der Waals surface area contributed by atoms with E-state index in [4.69, 9.17) is 9.47 Å². The smallest absolute Gasteiger partial charge is 0.293 e. The quantitative estimate of drug-likeness (QED) is 0.446. The van der Waals surface area contributed by atoms with E-state index in [2.05, 4.69) is 15.5 Å². The highest BCUT2D eigenvalue weighted by molar-refractivity contribution is 5.76. The van der Waals surface area contributed by atoms with Gasteiger partial charge >= 0.3 is 0 Å². The molecule has 0 unspecified atom stereocenters. The Morgan fingerprint density at radius 2 is 1.91 bits per heavy atom. The molecule has 9 nitrogen and oxygen atoms in total. The van der Waals surface area contributed by atoms with Crippen LogP contribution in [0.5, 0.6) is 11.5 Å². The van der Waals surface area contributed by atoms with E-state index in [9.17, 15) is 9.59 Å². The number of carbonyl (C=O) groups is 1. The van der Waals surface area contributed by atoms with Gasteiger partial charge in [0.05, 0.1) is 25.5 Å². The molecule has 2 aromatic heterocycles. The average molecular weight is 447 g/mol. The van der Waals surface area contributed by atoms with Gasteiger partial charge in [-0.05, 0) is 61.9 Å². The van der Waals surface area contributed by atoms with E-state index in [1.54, 1.807) is 13.2 Å². The number of nitrogens with one attached hydrogen (secondary N) is 1. The second kappa shape index (κ2) is 9.56. The molecule has 2 aromatic carbocycles. The highest BCUT2D eigenvalue weighted by atomic mass is 16.5. The summed E-state index contributed by atoms with van der Waals surface area (Å²) in [6, 6.07) is 16.4. The van der Waals surface area contributed by atoms with E-state index in [1.165, 1.54) is 10.8 Å². The van der Waals surface area contributed by atoms with E-state index >= 15 is 0 Å². The molecule has 0 saturated carbocycles. The van der Waals surface area contributed by atoms with Crippen molar-refractivity contribution in [1.82, 2.24) is 24.7 Å². The van der Waals surface area contributed by atoms with Crippen LogP contribution in [0, 0.1) is 0 Å². The number of nitrogens with zero attached hydrogens (tertiary/aromatic N) is 4. The van der Waals surface area contributed by atoms with E-state index in [1.807, 2.05) is 62.4 Å². The standard InChI is InChI=1S/C24H25N5O4/c1-4-33-19-10-8-17(9-11-19)21-13-22-24(31)28(25-15-29(22)27-21)14-23(30)26-16(2)18-6-5-7-20(12-18)32-3/h5-13,15-16H,4,14H2,1-3H3,(H,26,30)/t16-/m1/s1. The van der Waals surface area contributed by atoms with E-state index in [0.29, 0.717) is 23.6 Å². The molecule has 9 heteroatoms. The summed E-state index contributed by atoms with van der Waals surface area (Å²) in [5.74, 6) is 1.15. The molecule has 1 N–H and O–H groups in total. The summed E-state index contributed by atoms with van der Waals surface area (Å²) < 4.78 is 13.2. The number of ether oxygens (including phenoxy) is 2. The second-order valence-corrected chi connectivity index (χ2v) is 7.48. The van der Waals surface area contributed by atoms with Gasteiger partial charge in [0.15, 0.2) is 0 Å². The zero-order valence-corrected chi connectivity index (χ0v) is 18.7. The van der Waals surface area contributed by atoms with Crippen LogP contribution in [0.4, 0.5) is 0 Å². The van der Waals surface area contributed by atoms with Gasteiger partial charge in [0.25, 0.3) is 5.56 Å². The Labute approximate surface area is 190 Å². The van der Waals surface area contributed by atoms with Crippen LogP contribution in [0.15, 0.2) is 65.7 Å². The predicted octanol–water partition coefficient (Wildman–Crippen LogP) is 2.84. The van der Waals surface area contributed by atoms with Crippen molar-refractivity contribution in [2.75, 3.05) is 13.7 Å². The molecule has 4 aromatic rings. The molecular formula is C24H25N5O4. The van der Waals surface area contributed by atoms with Gasteiger partial charge < -0.3 is 14.8 Å². The van der Waals surface area contributed by atoms with Gasteiger partial charge in [0.1, 0.15) is 29.9 Å². The fraction of sp³-hybridized carbons (Fsp3) is 0.250. The van der Waals surface area contributed by atoms with Crippen molar-refractivity contribution in [3.8, 4) is 22.8 Å². The number of aromatic nitrogens is 4. The van der Waals surface area contributed by atoms with Crippen molar-refractivity contribution in [2.24, 2.45) is 0 Å². The molecule has 170 valence electrons. The van der Waals surface area contributed by atoms with Gasteiger partial charge in [-0.1, -0.05) is 12.1 Å². The summed E-state index contributed by atoms with van der Waals surface area (Å²) >= 11 is 0. The van der Waals surface area contributed by atoms with Gasteiger partial charge in [-0.3, -0.25) is 9.59 Å². The molecule has 0 aliphatic heterocycles. The minimum atomic E-state index is -0.397. The Bertz CT molecular complexity index is 1330. The minimum Gasteiger partial charge on any atom is -0.497 e. The van der Waals surface area contributed by atoms with Gasteiger partial charge in [-0.25, -0.2) is 9.20 Å². The largest absolute Gasteiger partial charge is 0.497 e. The zero-order chi connectivity index (χ0) is 23.4. The number of carbonyl (C=O) groups excluding carboxylic acids is 1. The van der Waals surface area contributed by atoms with Gasteiger partial charge in [-0.2, -0.15) is 10.2 Å². The lowest BCUT2D eigenvalue weighted by Crippen LogP contribution is -2.35. The fourth-order valence-electron chi connectivity index (χ4n) is 3.50. The molecule has 0 aliphatic carbocycles. The minimum absolute atomic E-state index is 0.201. The van der Waals surface area contributed by atoms with Crippen molar-refractivity contribution < 1.29 is 14.3 Å². The molecule has 0 fully saturated rings. The number of amides is 1. The third-order valence-corrected chi connectivity index (χ3v) is 5.22. The number of fused-ring (bicyclic) bond motifs is 1. The Morgan fingerprint density at radius 3 is 2.64 bits per heavy atom. The van der Waals surface area contributed by atoms with Crippen LogP contribution in [0.25, 0.3) is 16.8 Å². The Hall–Kier alpha value is -4.14. The third-order valence-electron chi connectivity index (χ3n) is 5.22. The maximum absolute atomic E-state index is 12.9. The SMILES string of the molecule is CCOc1ccc(-c2cc3c(=O)n(CC(=O)N[C@H](C)c4cccc(OC)c4)ncn3n2)cc1. The number of methoxy groups -OCH3 is 1.